The Morgan fingerprint density at radius 1 is 1.22 bits per heavy atom. The second-order valence-corrected chi connectivity index (χ2v) is 4.22. The molecule has 18 heavy (non-hydrogen) atoms. The Balaban J connectivity index is 2.54. The van der Waals surface area contributed by atoms with Crippen molar-refractivity contribution in [3.05, 3.63) is 29.3 Å². The Morgan fingerprint density at radius 3 is 2.56 bits per heavy atom. The monoisotopic (exact) mass is 245 g/mol. The van der Waals surface area contributed by atoms with Crippen LogP contribution in [0.1, 0.15) is 30.9 Å². The van der Waals surface area contributed by atoms with Gasteiger partial charge in [0, 0.05) is 24.7 Å². The van der Waals surface area contributed by atoms with Crippen molar-refractivity contribution in [2.24, 2.45) is 0 Å². The largest absolute Gasteiger partial charge is 0.370 e. The van der Waals surface area contributed by atoms with E-state index in [2.05, 4.69) is 34.2 Å². The molecule has 0 aromatic carbocycles. The molecular weight excluding hydrogens is 226 g/mol. The lowest BCUT2D eigenvalue weighted by atomic mass is 10.3. The number of aryl methyl sites for hydroxylation is 2. The number of nitrogens with zero attached hydrogens (tertiary/aromatic N) is 4. The maximum absolute atomic E-state index is 4.57. The summed E-state index contributed by atoms with van der Waals surface area (Å²) in [6.07, 6.45) is 2.74. The first-order chi connectivity index (χ1) is 8.65. The fraction of sp³-hybridized carbons (Fsp3) is 0.462. The van der Waals surface area contributed by atoms with Crippen molar-refractivity contribution in [2.45, 2.75) is 34.1 Å². The Kier molecular flexibility index (Phi) is 3.60. The predicted octanol–water partition coefficient (Wildman–Crippen LogP) is 2.27. The summed E-state index contributed by atoms with van der Waals surface area (Å²) in [5.74, 6) is 2.58. The molecule has 0 bridgehead atoms. The van der Waals surface area contributed by atoms with Gasteiger partial charge in [-0.15, -0.1) is 0 Å². The molecule has 0 amide bonds. The molecule has 96 valence electrons. The summed E-state index contributed by atoms with van der Waals surface area (Å²) in [5, 5.41) is 7.69. The average Bonchev–Trinajstić information content (AvgIpc) is 2.78. The minimum absolute atomic E-state index is 0.811. The molecule has 0 atom stereocenters. The maximum atomic E-state index is 4.57. The number of rotatable bonds is 4. The van der Waals surface area contributed by atoms with Gasteiger partial charge in [0.1, 0.15) is 11.6 Å². The molecule has 2 rings (SSSR count). The minimum atomic E-state index is 0.811. The van der Waals surface area contributed by atoms with Crippen LogP contribution in [0.15, 0.2) is 12.3 Å². The summed E-state index contributed by atoms with van der Waals surface area (Å²) < 4.78 is 1.81. The van der Waals surface area contributed by atoms with E-state index in [1.54, 1.807) is 0 Å². The van der Waals surface area contributed by atoms with E-state index in [1.807, 2.05) is 30.8 Å². The number of aromatic nitrogens is 4. The average molecular weight is 245 g/mol. The second kappa shape index (κ2) is 5.16. The molecule has 0 unspecified atom stereocenters. The summed E-state index contributed by atoms with van der Waals surface area (Å²) in [4.78, 5) is 9.08. The molecular formula is C13H19N5. The summed E-state index contributed by atoms with van der Waals surface area (Å²) in [5.41, 5.74) is 2.01. The van der Waals surface area contributed by atoms with Gasteiger partial charge in [-0.3, -0.25) is 0 Å². The van der Waals surface area contributed by atoms with Crippen molar-refractivity contribution in [3.63, 3.8) is 0 Å². The number of hydrogen-bond donors (Lipinski definition) is 1. The van der Waals surface area contributed by atoms with Crippen LogP contribution in [0.3, 0.4) is 0 Å². The fourth-order valence-corrected chi connectivity index (χ4v) is 1.80. The van der Waals surface area contributed by atoms with Crippen LogP contribution in [0.4, 0.5) is 5.82 Å². The van der Waals surface area contributed by atoms with Crippen LogP contribution in [0.2, 0.25) is 0 Å². The normalized spacial score (nSPS) is 10.7. The topological polar surface area (TPSA) is 55.6 Å². The third-order valence-electron chi connectivity index (χ3n) is 2.77. The Bertz CT molecular complexity index is 544. The molecule has 0 spiro atoms. The van der Waals surface area contributed by atoms with Gasteiger partial charge in [0.2, 0.25) is 0 Å². The van der Waals surface area contributed by atoms with Gasteiger partial charge < -0.3 is 5.32 Å². The molecule has 5 heteroatoms. The lowest BCUT2D eigenvalue weighted by Gasteiger charge is -2.12. The Morgan fingerprint density at radius 2 is 2.00 bits per heavy atom. The first kappa shape index (κ1) is 12.5. The third-order valence-corrected chi connectivity index (χ3v) is 2.77. The molecule has 2 aromatic heterocycles. The first-order valence-electron chi connectivity index (χ1n) is 6.29. The summed E-state index contributed by atoms with van der Waals surface area (Å²) in [6.45, 7) is 8.95. The summed E-state index contributed by atoms with van der Waals surface area (Å²) in [6, 6.07) is 1.97. The van der Waals surface area contributed by atoms with Crippen molar-refractivity contribution in [3.8, 4) is 5.82 Å². The second-order valence-electron chi connectivity index (χ2n) is 4.22. The SMILES string of the molecule is CCNc1nc(CC)nc(-n2ccc(C)n2)c1C. The van der Waals surface area contributed by atoms with Gasteiger partial charge in [0.25, 0.3) is 0 Å². The standard InChI is InChI=1S/C13H19N5/c1-5-11-15-12(14-6-2)10(4)13(16-11)18-8-7-9(3)17-18/h7-8H,5-6H2,1-4H3,(H,14,15,16). The molecule has 0 radical (unpaired) electrons. The van der Waals surface area contributed by atoms with E-state index < -0.39 is 0 Å². The molecule has 2 aromatic rings. The predicted molar refractivity (Wildman–Crippen MR) is 72.2 cm³/mol. The summed E-state index contributed by atoms with van der Waals surface area (Å²) in [7, 11) is 0. The van der Waals surface area contributed by atoms with Crippen LogP contribution in [0.25, 0.3) is 5.82 Å². The number of anilines is 1. The van der Waals surface area contributed by atoms with Crippen molar-refractivity contribution >= 4 is 5.82 Å². The molecule has 5 nitrogen and oxygen atoms in total. The Labute approximate surface area is 107 Å². The molecule has 2 heterocycles. The van der Waals surface area contributed by atoms with E-state index in [4.69, 9.17) is 0 Å². The molecule has 1 N–H and O–H groups in total. The van der Waals surface area contributed by atoms with Gasteiger partial charge in [-0.1, -0.05) is 6.92 Å². The quantitative estimate of drug-likeness (QED) is 0.897. The van der Waals surface area contributed by atoms with Crippen molar-refractivity contribution in [1.82, 2.24) is 19.7 Å². The van der Waals surface area contributed by atoms with Gasteiger partial charge >= 0.3 is 0 Å². The molecule has 0 aliphatic carbocycles. The van der Waals surface area contributed by atoms with Crippen LogP contribution in [0.5, 0.6) is 0 Å². The molecule has 0 aliphatic rings. The van der Waals surface area contributed by atoms with Crippen molar-refractivity contribution in [1.29, 1.82) is 0 Å². The van der Waals surface area contributed by atoms with Gasteiger partial charge in [0.05, 0.1) is 5.69 Å². The molecule has 0 saturated carbocycles. The lowest BCUT2D eigenvalue weighted by molar-refractivity contribution is 0.794. The van der Waals surface area contributed by atoms with Crippen LogP contribution in [-0.4, -0.2) is 26.3 Å². The van der Waals surface area contributed by atoms with Gasteiger partial charge in [0.15, 0.2) is 5.82 Å². The van der Waals surface area contributed by atoms with E-state index >= 15 is 0 Å². The molecule has 0 saturated heterocycles. The summed E-state index contributed by atoms with van der Waals surface area (Å²) >= 11 is 0. The van der Waals surface area contributed by atoms with Crippen molar-refractivity contribution < 1.29 is 0 Å². The van der Waals surface area contributed by atoms with E-state index in [9.17, 15) is 0 Å². The molecule has 0 aliphatic heterocycles. The zero-order valence-corrected chi connectivity index (χ0v) is 11.4. The highest BCUT2D eigenvalue weighted by atomic mass is 15.3. The van der Waals surface area contributed by atoms with E-state index in [0.717, 1.165) is 41.7 Å². The maximum Gasteiger partial charge on any atom is 0.162 e. The number of nitrogens with one attached hydrogen (secondary N) is 1. The number of hydrogen-bond acceptors (Lipinski definition) is 4. The van der Waals surface area contributed by atoms with Gasteiger partial charge in [-0.25, -0.2) is 14.6 Å². The molecule has 0 fully saturated rings. The van der Waals surface area contributed by atoms with Gasteiger partial charge in [-0.05, 0) is 26.8 Å². The fourth-order valence-electron chi connectivity index (χ4n) is 1.80. The van der Waals surface area contributed by atoms with E-state index in [0.29, 0.717) is 0 Å². The van der Waals surface area contributed by atoms with Crippen LogP contribution >= 0.6 is 0 Å². The highest BCUT2D eigenvalue weighted by molar-refractivity contribution is 5.51. The highest BCUT2D eigenvalue weighted by Crippen LogP contribution is 2.19. The van der Waals surface area contributed by atoms with Gasteiger partial charge in [-0.2, -0.15) is 5.10 Å². The minimum Gasteiger partial charge on any atom is -0.370 e. The smallest absolute Gasteiger partial charge is 0.162 e. The zero-order valence-electron chi connectivity index (χ0n) is 11.4. The highest BCUT2D eigenvalue weighted by Gasteiger charge is 2.11. The van der Waals surface area contributed by atoms with E-state index in [-0.39, 0.29) is 0 Å². The zero-order chi connectivity index (χ0) is 13.1. The van der Waals surface area contributed by atoms with Crippen LogP contribution < -0.4 is 5.32 Å². The first-order valence-corrected chi connectivity index (χ1v) is 6.29. The van der Waals surface area contributed by atoms with Crippen LogP contribution in [0, 0.1) is 13.8 Å². The van der Waals surface area contributed by atoms with Crippen molar-refractivity contribution in [2.75, 3.05) is 11.9 Å². The van der Waals surface area contributed by atoms with E-state index in [1.165, 1.54) is 0 Å². The van der Waals surface area contributed by atoms with Crippen LogP contribution in [-0.2, 0) is 6.42 Å². The lowest BCUT2D eigenvalue weighted by Crippen LogP contribution is -2.11. The Hall–Kier alpha value is -1.91. The third kappa shape index (κ3) is 2.34.